The molecule has 1 unspecified atom stereocenters. The highest BCUT2D eigenvalue weighted by molar-refractivity contribution is 5.62. The maximum absolute atomic E-state index is 13.5. The summed E-state index contributed by atoms with van der Waals surface area (Å²) in [6.45, 7) is 2.49. The number of ether oxygens (including phenoxy) is 2. The predicted molar refractivity (Wildman–Crippen MR) is 97.4 cm³/mol. The molecular formula is C18H21F3N6O2. The first-order chi connectivity index (χ1) is 13.9. The van der Waals surface area contributed by atoms with Crippen molar-refractivity contribution < 1.29 is 22.6 Å². The van der Waals surface area contributed by atoms with Crippen LogP contribution in [0.25, 0.3) is 0 Å². The molecule has 2 aromatic rings. The van der Waals surface area contributed by atoms with Crippen LogP contribution in [0.5, 0.6) is 5.75 Å². The van der Waals surface area contributed by atoms with Crippen molar-refractivity contribution in [3.05, 3.63) is 17.5 Å². The van der Waals surface area contributed by atoms with Crippen LogP contribution in [0.15, 0.2) is 6.20 Å². The second-order valence-corrected chi connectivity index (χ2v) is 7.63. The quantitative estimate of drug-likeness (QED) is 0.745. The van der Waals surface area contributed by atoms with E-state index in [9.17, 15) is 13.2 Å². The molecule has 0 aromatic carbocycles. The highest BCUT2D eigenvalue weighted by Gasteiger charge is 2.38. The smallest absolute Gasteiger partial charge is 0.421 e. The van der Waals surface area contributed by atoms with Gasteiger partial charge in [-0.05, 0) is 32.6 Å². The second-order valence-electron chi connectivity index (χ2n) is 7.63. The molecule has 2 aliphatic heterocycles. The fourth-order valence-electron chi connectivity index (χ4n) is 3.90. The summed E-state index contributed by atoms with van der Waals surface area (Å²) in [5, 5.41) is 10.6. The van der Waals surface area contributed by atoms with Gasteiger partial charge in [0, 0.05) is 12.8 Å². The lowest BCUT2D eigenvalue weighted by Gasteiger charge is -2.27. The lowest BCUT2D eigenvalue weighted by Crippen LogP contribution is -2.35. The van der Waals surface area contributed by atoms with E-state index >= 15 is 0 Å². The topological polar surface area (TPSA) is 86.1 Å². The van der Waals surface area contributed by atoms with Crippen LogP contribution < -0.4 is 15.4 Å². The van der Waals surface area contributed by atoms with E-state index < -0.39 is 17.8 Å². The van der Waals surface area contributed by atoms with Gasteiger partial charge in [-0.1, -0.05) is 0 Å². The number of nitrogens with zero attached hydrogens (tertiary/aromatic N) is 4. The van der Waals surface area contributed by atoms with E-state index in [1.54, 1.807) is 0 Å². The van der Waals surface area contributed by atoms with Gasteiger partial charge in [-0.25, -0.2) is 9.67 Å². The molecule has 156 valence electrons. The molecule has 4 heterocycles. The molecule has 29 heavy (non-hydrogen) atoms. The number of hydrogen-bond donors (Lipinski definition) is 2. The van der Waals surface area contributed by atoms with Crippen molar-refractivity contribution in [3.8, 4) is 5.75 Å². The SMILES string of the molecule is Cc1nn(C2CCC2)c2c1OCC1OCC[C@H]1Nc1nc(ncc1C(F)(F)F)N2. The first-order valence-corrected chi connectivity index (χ1v) is 9.71. The molecule has 1 saturated heterocycles. The van der Waals surface area contributed by atoms with Crippen molar-refractivity contribution in [2.75, 3.05) is 23.8 Å². The van der Waals surface area contributed by atoms with E-state index in [1.807, 2.05) is 11.6 Å². The number of anilines is 3. The molecular weight excluding hydrogens is 389 g/mol. The molecule has 11 heteroatoms. The molecule has 2 atom stereocenters. The Morgan fingerprint density at radius 3 is 2.79 bits per heavy atom. The Hall–Kier alpha value is -2.56. The molecule has 2 bridgehead atoms. The van der Waals surface area contributed by atoms with Gasteiger partial charge in [0.1, 0.15) is 29.8 Å². The average Bonchev–Trinajstić information content (AvgIpc) is 3.15. The first kappa shape index (κ1) is 18.5. The van der Waals surface area contributed by atoms with E-state index in [0.29, 0.717) is 30.3 Å². The molecule has 3 aliphatic rings. The van der Waals surface area contributed by atoms with Crippen LogP contribution >= 0.6 is 0 Å². The van der Waals surface area contributed by atoms with E-state index in [0.717, 1.165) is 25.5 Å². The number of nitrogens with one attached hydrogen (secondary N) is 2. The van der Waals surface area contributed by atoms with Gasteiger partial charge >= 0.3 is 6.18 Å². The standard InChI is InChI=1S/C18H21F3N6O2/c1-9-14-16(27(26-9)10-3-2-4-10)25-17-22-7-11(18(19,20)21)15(24-17)23-12-5-6-28-13(12)8-29-14/h7,10,12-13H,2-6,8H2,1H3,(H2,22,23,24,25)/t12-,13?/m1/s1. The number of aryl methyl sites for hydroxylation is 1. The lowest BCUT2D eigenvalue weighted by molar-refractivity contribution is -0.137. The normalized spacial score (nSPS) is 24.3. The van der Waals surface area contributed by atoms with Crippen molar-refractivity contribution in [2.45, 2.75) is 57.0 Å². The fraction of sp³-hybridized carbons (Fsp3) is 0.611. The van der Waals surface area contributed by atoms with Crippen molar-refractivity contribution >= 4 is 17.6 Å². The number of halogens is 3. The first-order valence-electron chi connectivity index (χ1n) is 9.71. The zero-order valence-electron chi connectivity index (χ0n) is 15.8. The van der Waals surface area contributed by atoms with Crippen LogP contribution in [0.1, 0.15) is 43.0 Å². The summed E-state index contributed by atoms with van der Waals surface area (Å²) in [5.74, 6) is 0.918. The average molecular weight is 410 g/mol. The lowest BCUT2D eigenvalue weighted by atomic mass is 9.93. The van der Waals surface area contributed by atoms with Crippen LogP contribution in [0, 0.1) is 6.92 Å². The summed E-state index contributed by atoms with van der Waals surface area (Å²) in [4.78, 5) is 8.06. The summed E-state index contributed by atoms with van der Waals surface area (Å²) in [6, 6.07) is -0.122. The monoisotopic (exact) mass is 410 g/mol. The van der Waals surface area contributed by atoms with Crippen LogP contribution in [0.2, 0.25) is 0 Å². The van der Waals surface area contributed by atoms with Crippen molar-refractivity contribution in [2.24, 2.45) is 0 Å². The second kappa shape index (κ2) is 6.75. The van der Waals surface area contributed by atoms with Gasteiger partial charge in [-0.3, -0.25) is 0 Å². The van der Waals surface area contributed by atoms with Crippen LogP contribution in [0.3, 0.4) is 0 Å². The van der Waals surface area contributed by atoms with Crippen molar-refractivity contribution in [1.82, 2.24) is 19.7 Å². The molecule has 2 aromatic heterocycles. The molecule has 1 saturated carbocycles. The van der Waals surface area contributed by atoms with E-state index in [-0.39, 0.29) is 30.5 Å². The minimum absolute atomic E-state index is 0.0585. The molecule has 5 rings (SSSR count). The highest BCUT2D eigenvalue weighted by Crippen LogP contribution is 2.41. The molecule has 1 aliphatic carbocycles. The summed E-state index contributed by atoms with van der Waals surface area (Å²) in [6.07, 6.45) is -0.507. The van der Waals surface area contributed by atoms with Gasteiger partial charge in [-0.15, -0.1) is 0 Å². The number of aromatic nitrogens is 4. The van der Waals surface area contributed by atoms with Gasteiger partial charge in [0.25, 0.3) is 0 Å². The van der Waals surface area contributed by atoms with Gasteiger partial charge in [0.05, 0.1) is 12.1 Å². The largest absolute Gasteiger partial charge is 0.485 e. The predicted octanol–water partition coefficient (Wildman–Crippen LogP) is 3.43. The zero-order chi connectivity index (χ0) is 20.2. The van der Waals surface area contributed by atoms with Crippen molar-refractivity contribution in [3.63, 3.8) is 0 Å². The molecule has 8 nitrogen and oxygen atoms in total. The van der Waals surface area contributed by atoms with Gasteiger partial charge < -0.3 is 20.1 Å². The minimum Gasteiger partial charge on any atom is -0.485 e. The minimum atomic E-state index is -4.57. The summed E-state index contributed by atoms with van der Waals surface area (Å²) in [7, 11) is 0. The Morgan fingerprint density at radius 1 is 1.24 bits per heavy atom. The Morgan fingerprint density at radius 2 is 2.07 bits per heavy atom. The third-order valence-electron chi connectivity index (χ3n) is 5.70. The Balaban J connectivity index is 1.61. The Bertz CT molecular complexity index is 927. The van der Waals surface area contributed by atoms with E-state index in [4.69, 9.17) is 9.47 Å². The van der Waals surface area contributed by atoms with Crippen LogP contribution in [-0.2, 0) is 10.9 Å². The molecule has 0 amide bonds. The molecule has 0 radical (unpaired) electrons. The third kappa shape index (κ3) is 3.26. The number of fused-ring (bicyclic) bond motifs is 4. The van der Waals surface area contributed by atoms with Crippen LogP contribution in [0.4, 0.5) is 30.8 Å². The molecule has 2 N–H and O–H groups in total. The van der Waals surface area contributed by atoms with Gasteiger partial charge in [-0.2, -0.15) is 23.3 Å². The van der Waals surface area contributed by atoms with E-state index in [1.165, 1.54) is 0 Å². The summed E-state index contributed by atoms with van der Waals surface area (Å²) < 4.78 is 54.1. The van der Waals surface area contributed by atoms with Crippen molar-refractivity contribution in [1.29, 1.82) is 0 Å². The molecule has 2 fully saturated rings. The zero-order valence-corrected chi connectivity index (χ0v) is 15.8. The number of rotatable bonds is 1. The van der Waals surface area contributed by atoms with Crippen LogP contribution in [-0.4, -0.2) is 45.1 Å². The maximum atomic E-state index is 13.5. The van der Waals surface area contributed by atoms with Gasteiger partial charge in [0.15, 0.2) is 11.6 Å². The number of alkyl halides is 3. The maximum Gasteiger partial charge on any atom is 0.421 e. The number of hydrogen-bond acceptors (Lipinski definition) is 7. The molecule has 0 spiro atoms. The van der Waals surface area contributed by atoms with E-state index in [2.05, 4.69) is 25.7 Å². The fourth-order valence-corrected chi connectivity index (χ4v) is 3.90. The highest BCUT2D eigenvalue weighted by atomic mass is 19.4. The summed E-state index contributed by atoms with van der Waals surface area (Å²) in [5.41, 5.74) is -0.203. The Labute approximate surface area is 164 Å². The summed E-state index contributed by atoms with van der Waals surface area (Å²) >= 11 is 0. The Kier molecular flexibility index (Phi) is 4.30. The third-order valence-corrected chi connectivity index (χ3v) is 5.70. The van der Waals surface area contributed by atoms with Gasteiger partial charge in [0.2, 0.25) is 5.95 Å².